The zero-order valence-corrected chi connectivity index (χ0v) is 20.2. The summed E-state index contributed by atoms with van der Waals surface area (Å²) >= 11 is 0. The van der Waals surface area contributed by atoms with E-state index in [1.54, 1.807) is 42.6 Å². The highest BCUT2D eigenvalue weighted by atomic mass is 16.5. The number of fused-ring (bicyclic) bond motifs is 5. The minimum absolute atomic E-state index is 0.240. The van der Waals surface area contributed by atoms with E-state index in [4.69, 9.17) is 4.74 Å². The Kier molecular flexibility index (Phi) is 5.03. The molecule has 0 aliphatic carbocycles. The van der Waals surface area contributed by atoms with E-state index in [2.05, 4.69) is 5.10 Å². The van der Waals surface area contributed by atoms with Gasteiger partial charge in [-0.05, 0) is 60.9 Å². The van der Waals surface area contributed by atoms with Gasteiger partial charge in [0, 0.05) is 5.56 Å². The second kappa shape index (κ2) is 8.16. The number of ketones is 1. The first-order valence-corrected chi connectivity index (χ1v) is 12.0. The topological polar surface area (TPSA) is 79.3 Å². The Hall–Kier alpha value is -4.26. The van der Waals surface area contributed by atoms with Gasteiger partial charge in [0.1, 0.15) is 11.8 Å². The molecule has 2 amide bonds. The summed E-state index contributed by atoms with van der Waals surface area (Å²) in [7, 11) is 1.56. The van der Waals surface area contributed by atoms with Crippen molar-refractivity contribution in [2.24, 2.45) is 16.9 Å². The molecule has 0 spiro atoms. The van der Waals surface area contributed by atoms with E-state index in [0.717, 1.165) is 22.3 Å². The maximum Gasteiger partial charge on any atom is 0.240 e. The van der Waals surface area contributed by atoms with E-state index in [9.17, 15) is 14.4 Å². The Morgan fingerprint density at radius 3 is 2.36 bits per heavy atom. The maximum atomic E-state index is 14.0. The van der Waals surface area contributed by atoms with Crippen LogP contribution in [0.1, 0.15) is 38.7 Å². The van der Waals surface area contributed by atoms with Crippen molar-refractivity contribution >= 4 is 29.5 Å². The second-order valence-corrected chi connectivity index (χ2v) is 9.59. The number of Topliss-reactive ketones (excluding diaryl/α,β-unsaturated/α-hetero) is 1. The molecule has 3 aromatic rings. The highest BCUT2D eigenvalue weighted by Crippen LogP contribution is 2.53. The van der Waals surface area contributed by atoms with E-state index >= 15 is 0 Å². The molecule has 2 fully saturated rings. The minimum Gasteiger partial charge on any atom is -0.497 e. The lowest BCUT2D eigenvalue weighted by molar-refractivity contribution is -0.124. The fraction of sp³-hybridized carbons (Fsp3) is 0.241. The number of hydrazone groups is 1. The van der Waals surface area contributed by atoms with Crippen molar-refractivity contribution in [1.82, 2.24) is 5.01 Å². The van der Waals surface area contributed by atoms with Crippen LogP contribution < -0.4 is 9.64 Å². The summed E-state index contributed by atoms with van der Waals surface area (Å²) in [6.07, 6.45) is 1.71. The second-order valence-electron chi connectivity index (χ2n) is 9.59. The largest absolute Gasteiger partial charge is 0.497 e. The molecule has 7 nitrogen and oxygen atoms in total. The number of ether oxygens (including phenoxy) is 1. The predicted molar refractivity (Wildman–Crippen MR) is 135 cm³/mol. The van der Waals surface area contributed by atoms with Gasteiger partial charge in [-0.25, -0.2) is 4.90 Å². The van der Waals surface area contributed by atoms with Crippen molar-refractivity contribution in [2.45, 2.75) is 25.9 Å². The lowest BCUT2D eigenvalue weighted by Gasteiger charge is -2.34. The van der Waals surface area contributed by atoms with E-state index in [-0.39, 0.29) is 17.6 Å². The van der Waals surface area contributed by atoms with Crippen molar-refractivity contribution in [3.05, 3.63) is 94.5 Å². The number of rotatable bonds is 4. The third-order valence-corrected chi connectivity index (χ3v) is 7.53. The van der Waals surface area contributed by atoms with Crippen molar-refractivity contribution in [1.29, 1.82) is 0 Å². The number of anilines is 1. The minimum atomic E-state index is -0.898. The van der Waals surface area contributed by atoms with Crippen LogP contribution in [-0.4, -0.2) is 42.0 Å². The van der Waals surface area contributed by atoms with Crippen molar-refractivity contribution in [2.75, 3.05) is 12.0 Å². The lowest BCUT2D eigenvalue weighted by atomic mass is 9.83. The smallest absolute Gasteiger partial charge is 0.240 e. The molecule has 0 bridgehead atoms. The van der Waals surface area contributed by atoms with Crippen LogP contribution in [0.4, 0.5) is 5.69 Å². The maximum absolute atomic E-state index is 14.0. The van der Waals surface area contributed by atoms with Crippen LogP contribution in [0.2, 0.25) is 0 Å². The van der Waals surface area contributed by atoms with Gasteiger partial charge in [-0.15, -0.1) is 0 Å². The van der Waals surface area contributed by atoms with Crippen LogP contribution in [0.3, 0.4) is 0 Å². The van der Waals surface area contributed by atoms with Crippen molar-refractivity contribution in [3.8, 4) is 5.75 Å². The van der Waals surface area contributed by atoms with Gasteiger partial charge in [0.25, 0.3) is 0 Å². The molecule has 0 radical (unpaired) electrons. The quantitative estimate of drug-likeness (QED) is 0.416. The number of hydrogen-bond donors (Lipinski definition) is 0. The first-order valence-electron chi connectivity index (χ1n) is 12.0. The molecule has 180 valence electrons. The molecule has 6 rings (SSSR count). The van der Waals surface area contributed by atoms with Gasteiger partial charge >= 0.3 is 0 Å². The average Bonchev–Trinajstić information content (AvgIpc) is 3.36. The zero-order chi connectivity index (χ0) is 25.1. The van der Waals surface area contributed by atoms with Gasteiger partial charge in [0.2, 0.25) is 11.8 Å². The van der Waals surface area contributed by atoms with E-state index in [1.807, 2.05) is 56.3 Å². The highest BCUT2D eigenvalue weighted by Gasteiger charge is 2.65. The third kappa shape index (κ3) is 3.12. The Bertz CT molecular complexity index is 1450. The molecular weight excluding hydrogens is 454 g/mol. The third-order valence-electron chi connectivity index (χ3n) is 7.53. The Labute approximate surface area is 209 Å². The molecule has 4 atom stereocenters. The number of methoxy groups -OCH3 is 1. The molecule has 7 heteroatoms. The molecule has 3 aliphatic rings. The zero-order valence-electron chi connectivity index (χ0n) is 20.2. The van der Waals surface area contributed by atoms with E-state index in [1.165, 1.54) is 4.90 Å². The van der Waals surface area contributed by atoms with Gasteiger partial charge < -0.3 is 4.74 Å². The number of hydrogen-bond acceptors (Lipinski definition) is 6. The highest BCUT2D eigenvalue weighted by molar-refractivity contribution is 6.25. The molecule has 3 heterocycles. The molecule has 36 heavy (non-hydrogen) atoms. The molecule has 0 saturated carbocycles. The normalized spacial score (nSPS) is 24.0. The van der Waals surface area contributed by atoms with Gasteiger partial charge in [0.15, 0.2) is 5.78 Å². The monoisotopic (exact) mass is 479 g/mol. The molecule has 2 saturated heterocycles. The first-order chi connectivity index (χ1) is 17.4. The SMILES string of the molecule is COc1ccc(C(=O)[C@@H]2[C@@H]3C(=O)N(c4ccc(C)cc4C)C(=O)[C@@H]3[C@H]3c4ccccc4C=NN23)cc1. The number of carbonyl (C=O) groups is 3. The van der Waals surface area contributed by atoms with E-state index in [0.29, 0.717) is 17.0 Å². The number of nitrogens with zero attached hydrogens (tertiary/aromatic N) is 3. The van der Waals surface area contributed by atoms with Crippen LogP contribution in [0.5, 0.6) is 5.75 Å². The fourth-order valence-corrected chi connectivity index (χ4v) is 5.89. The molecule has 0 aromatic heterocycles. The Morgan fingerprint density at radius 1 is 0.917 bits per heavy atom. The van der Waals surface area contributed by atoms with Crippen LogP contribution in [0.25, 0.3) is 0 Å². The van der Waals surface area contributed by atoms with Crippen molar-refractivity contribution < 1.29 is 19.1 Å². The van der Waals surface area contributed by atoms with Crippen LogP contribution in [-0.2, 0) is 9.59 Å². The number of aryl methyl sites for hydroxylation is 2. The fourth-order valence-electron chi connectivity index (χ4n) is 5.89. The average molecular weight is 480 g/mol. The standard InChI is InChI=1S/C29H25N3O4/c1-16-8-13-22(17(2)14-16)31-28(34)23-24(29(31)35)26(27(33)18-9-11-20(36-3)12-10-18)32-25(23)21-7-5-4-6-19(21)15-30-32/h4-15,23-26H,1-3H3/t23-,24+,25+,26-/m0/s1. The molecule has 0 unspecified atom stereocenters. The van der Waals surface area contributed by atoms with Gasteiger partial charge in [-0.3, -0.25) is 19.4 Å². The lowest BCUT2D eigenvalue weighted by Crippen LogP contribution is -2.44. The summed E-state index contributed by atoms with van der Waals surface area (Å²) in [5, 5.41) is 6.29. The van der Waals surface area contributed by atoms with Crippen LogP contribution in [0, 0.1) is 25.7 Å². The van der Waals surface area contributed by atoms with Crippen molar-refractivity contribution in [3.63, 3.8) is 0 Å². The molecular formula is C29H25N3O4. The summed E-state index contributed by atoms with van der Waals surface area (Å²) in [5.74, 6) is -1.82. The number of imide groups is 1. The van der Waals surface area contributed by atoms with Crippen LogP contribution >= 0.6 is 0 Å². The molecule has 0 N–H and O–H groups in total. The predicted octanol–water partition coefficient (Wildman–Crippen LogP) is 4.07. The summed E-state index contributed by atoms with van der Waals surface area (Å²) < 4.78 is 5.23. The summed E-state index contributed by atoms with van der Waals surface area (Å²) in [6.45, 7) is 3.86. The molecule has 3 aromatic carbocycles. The number of carbonyl (C=O) groups excluding carboxylic acids is 3. The molecule has 3 aliphatic heterocycles. The Balaban J connectivity index is 1.49. The van der Waals surface area contributed by atoms with Gasteiger partial charge in [-0.2, -0.15) is 5.10 Å². The van der Waals surface area contributed by atoms with Gasteiger partial charge in [0.05, 0.1) is 36.9 Å². The summed E-state index contributed by atoms with van der Waals surface area (Å²) in [6, 6.07) is 18.8. The number of benzene rings is 3. The van der Waals surface area contributed by atoms with E-state index < -0.39 is 23.9 Å². The number of amides is 2. The summed E-state index contributed by atoms with van der Waals surface area (Å²) in [4.78, 5) is 43.2. The Morgan fingerprint density at radius 2 is 1.64 bits per heavy atom. The van der Waals surface area contributed by atoms with Crippen LogP contribution in [0.15, 0.2) is 71.8 Å². The summed E-state index contributed by atoms with van der Waals surface area (Å²) in [5.41, 5.74) is 4.69. The van der Waals surface area contributed by atoms with Gasteiger partial charge in [-0.1, -0.05) is 42.0 Å². The first kappa shape index (κ1) is 22.2.